The summed E-state index contributed by atoms with van der Waals surface area (Å²) in [7, 11) is 0. The van der Waals surface area contributed by atoms with Crippen molar-refractivity contribution in [2.24, 2.45) is 0 Å². The van der Waals surface area contributed by atoms with Gasteiger partial charge in [-0.1, -0.05) is 0 Å². The van der Waals surface area contributed by atoms with Crippen LogP contribution in [0.4, 0.5) is 0 Å². The van der Waals surface area contributed by atoms with E-state index in [9.17, 15) is 0 Å². The van der Waals surface area contributed by atoms with E-state index in [4.69, 9.17) is 24.1 Å². The van der Waals surface area contributed by atoms with Crippen LogP contribution in [0.2, 0.25) is 0 Å². The van der Waals surface area contributed by atoms with Crippen LogP contribution in [0.3, 0.4) is 0 Å². The Morgan fingerprint density at radius 2 is 1.53 bits per heavy atom. The highest BCUT2D eigenvalue weighted by molar-refractivity contribution is 4.56. The van der Waals surface area contributed by atoms with Gasteiger partial charge in [-0.2, -0.15) is 0 Å². The Morgan fingerprint density at radius 1 is 0.933 bits per heavy atom. The Labute approximate surface area is 91.3 Å². The molecule has 0 unspecified atom stereocenters. The summed E-state index contributed by atoms with van der Waals surface area (Å²) >= 11 is 0. The summed E-state index contributed by atoms with van der Waals surface area (Å²) < 4.78 is 21.4. The number of ether oxygens (including phenoxy) is 4. The maximum Gasteiger partial charge on any atom is 0.307 e. The molecule has 0 rings (SSSR count). The summed E-state index contributed by atoms with van der Waals surface area (Å²) in [5.41, 5.74) is 0. The summed E-state index contributed by atoms with van der Waals surface area (Å²) in [6.45, 7) is 7.34. The quantitative estimate of drug-likeness (QED) is 0.553. The van der Waals surface area contributed by atoms with E-state index in [1.807, 2.05) is 20.8 Å². The molecule has 0 amide bonds. The molecule has 0 aromatic carbocycles. The van der Waals surface area contributed by atoms with Gasteiger partial charge in [0.25, 0.3) is 0 Å². The molecule has 0 atom stereocenters. The van der Waals surface area contributed by atoms with Gasteiger partial charge in [0.1, 0.15) is 6.61 Å². The van der Waals surface area contributed by atoms with Crippen molar-refractivity contribution >= 4 is 0 Å². The van der Waals surface area contributed by atoms with Crippen LogP contribution in [0.5, 0.6) is 0 Å². The Kier molecular flexibility index (Phi) is 8.94. The number of hydrogen-bond acceptors (Lipinski definition) is 5. The average molecular weight is 222 g/mol. The lowest BCUT2D eigenvalue weighted by Crippen LogP contribution is -2.44. The molecule has 5 heteroatoms. The molecule has 0 heterocycles. The Hall–Kier alpha value is -0.200. The van der Waals surface area contributed by atoms with E-state index in [0.29, 0.717) is 19.8 Å². The molecule has 0 saturated heterocycles. The van der Waals surface area contributed by atoms with Gasteiger partial charge in [0.05, 0.1) is 13.2 Å². The molecule has 0 radical (unpaired) electrons. The van der Waals surface area contributed by atoms with Crippen molar-refractivity contribution in [1.82, 2.24) is 0 Å². The third kappa shape index (κ3) is 6.06. The molecular formula is C10H22O5. The number of rotatable bonds is 10. The normalized spacial score (nSPS) is 12.0. The van der Waals surface area contributed by atoms with Gasteiger partial charge < -0.3 is 24.1 Å². The fourth-order valence-electron chi connectivity index (χ4n) is 1.12. The zero-order valence-corrected chi connectivity index (χ0v) is 9.82. The van der Waals surface area contributed by atoms with E-state index < -0.39 is 5.97 Å². The predicted octanol–water partition coefficient (Wildman–Crippen LogP) is 0.759. The standard InChI is InChI=1S/C10H22O5/c1-4-12-9-10(13-5-2,14-6-3)15-8-7-11/h11H,4-9H2,1-3H3. The molecule has 5 nitrogen and oxygen atoms in total. The second-order valence-corrected chi connectivity index (χ2v) is 2.76. The van der Waals surface area contributed by atoms with E-state index in [1.54, 1.807) is 0 Å². The Morgan fingerprint density at radius 3 is 1.93 bits per heavy atom. The molecule has 0 aliphatic rings. The minimum absolute atomic E-state index is 0.0754. The van der Waals surface area contributed by atoms with Crippen molar-refractivity contribution in [2.75, 3.05) is 39.6 Å². The highest BCUT2D eigenvalue weighted by Gasteiger charge is 2.33. The molecule has 0 fully saturated rings. The third-order valence-electron chi connectivity index (χ3n) is 1.62. The van der Waals surface area contributed by atoms with Crippen LogP contribution >= 0.6 is 0 Å². The molecule has 0 spiro atoms. The molecule has 0 aliphatic heterocycles. The second-order valence-electron chi connectivity index (χ2n) is 2.76. The number of aliphatic hydroxyl groups excluding tert-OH is 1. The SMILES string of the molecule is CCOCC(OCC)(OCC)OCCO. The van der Waals surface area contributed by atoms with Gasteiger partial charge in [-0.05, 0) is 20.8 Å². The van der Waals surface area contributed by atoms with E-state index >= 15 is 0 Å². The fraction of sp³-hybridized carbons (Fsp3) is 1.00. The lowest BCUT2D eigenvalue weighted by atomic mass is 10.5. The highest BCUT2D eigenvalue weighted by Crippen LogP contribution is 2.16. The number of hydrogen-bond donors (Lipinski definition) is 1. The average Bonchev–Trinajstić information content (AvgIpc) is 2.24. The van der Waals surface area contributed by atoms with Gasteiger partial charge in [0.15, 0.2) is 0 Å². The lowest BCUT2D eigenvalue weighted by Gasteiger charge is -2.31. The first-order chi connectivity index (χ1) is 7.24. The lowest BCUT2D eigenvalue weighted by molar-refractivity contribution is -0.393. The molecule has 0 bridgehead atoms. The van der Waals surface area contributed by atoms with E-state index in [2.05, 4.69) is 0 Å². The summed E-state index contributed by atoms with van der Waals surface area (Å²) in [6.07, 6.45) is 0. The maximum atomic E-state index is 8.71. The molecule has 1 N–H and O–H groups in total. The van der Waals surface area contributed by atoms with Crippen LogP contribution in [-0.4, -0.2) is 50.7 Å². The van der Waals surface area contributed by atoms with Crippen molar-refractivity contribution in [2.45, 2.75) is 26.7 Å². The van der Waals surface area contributed by atoms with Crippen molar-refractivity contribution < 1.29 is 24.1 Å². The van der Waals surface area contributed by atoms with Crippen molar-refractivity contribution in [3.8, 4) is 0 Å². The van der Waals surface area contributed by atoms with Crippen LogP contribution in [0.25, 0.3) is 0 Å². The molecule has 0 saturated carbocycles. The molecule has 0 aromatic heterocycles. The topological polar surface area (TPSA) is 57.2 Å². The van der Waals surface area contributed by atoms with Crippen LogP contribution in [0, 0.1) is 0 Å². The smallest absolute Gasteiger partial charge is 0.307 e. The van der Waals surface area contributed by atoms with Crippen LogP contribution in [0.15, 0.2) is 0 Å². The molecular weight excluding hydrogens is 200 g/mol. The zero-order valence-electron chi connectivity index (χ0n) is 9.82. The summed E-state index contributed by atoms with van der Waals surface area (Å²) in [6, 6.07) is 0. The second kappa shape index (κ2) is 9.06. The predicted molar refractivity (Wildman–Crippen MR) is 55.5 cm³/mol. The van der Waals surface area contributed by atoms with Crippen molar-refractivity contribution in [3.05, 3.63) is 0 Å². The third-order valence-corrected chi connectivity index (χ3v) is 1.62. The first-order valence-corrected chi connectivity index (χ1v) is 5.35. The zero-order chi connectivity index (χ0) is 11.6. The Balaban J connectivity index is 4.26. The highest BCUT2D eigenvalue weighted by atomic mass is 16.9. The van der Waals surface area contributed by atoms with Gasteiger partial charge in [-0.25, -0.2) is 0 Å². The van der Waals surface area contributed by atoms with E-state index in [-0.39, 0.29) is 19.8 Å². The molecule has 0 aromatic rings. The minimum atomic E-state index is -1.18. The summed E-state index contributed by atoms with van der Waals surface area (Å²) in [4.78, 5) is 0. The summed E-state index contributed by atoms with van der Waals surface area (Å²) in [5.74, 6) is -1.18. The molecule has 92 valence electrons. The van der Waals surface area contributed by atoms with Crippen LogP contribution in [-0.2, 0) is 18.9 Å². The van der Waals surface area contributed by atoms with Gasteiger partial charge in [0, 0.05) is 19.8 Å². The van der Waals surface area contributed by atoms with Gasteiger partial charge in [-0.3, -0.25) is 0 Å². The Bertz CT molecular complexity index is 124. The van der Waals surface area contributed by atoms with Gasteiger partial charge in [0.2, 0.25) is 0 Å². The van der Waals surface area contributed by atoms with Crippen LogP contribution in [0.1, 0.15) is 20.8 Å². The van der Waals surface area contributed by atoms with Crippen molar-refractivity contribution in [1.29, 1.82) is 0 Å². The monoisotopic (exact) mass is 222 g/mol. The first-order valence-electron chi connectivity index (χ1n) is 5.35. The minimum Gasteiger partial charge on any atom is -0.394 e. The van der Waals surface area contributed by atoms with Gasteiger partial charge >= 0.3 is 5.97 Å². The van der Waals surface area contributed by atoms with E-state index in [1.165, 1.54) is 0 Å². The largest absolute Gasteiger partial charge is 0.394 e. The summed E-state index contributed by atoms with van der Waals surface area (Å²) in [5, 5.41) is 8.71. The number of aliphatic hydroxyl groups is 1. The fourth-order valence-corrected chi connectivity index (χ4v) is 1.12. The van der Waals surface area contributed by atoms with Gasteiger partial charge in [-0.15, -0.1) is 0 Å². The maximum absolute atomic E-state index is 8.71. The molecule has 15 heavy (non-hydrogen) atoms. The van der Waals surface area contributed by atoms with Crippen LogP contribution < -0.4 is 0 Å². The van der Waals surface area contributed by atoms with Crippen molar-refractivity contribution in [3.63, 3.8) is 0 Å². The van der Waals surface area contributed by atoms with E-state index in [0.717, 1.165) is 0 Å². The first kappa shape index (κ1) is 14.8. The molecule has 0 aliphatic carbocycles.